The van der Waals surface area contributed by atoms with Crippen molar-refractivity contribution in [1.82, 2.24) is 9.97 Å². The summed E-state index contributed by atoms with van der Waals surface area (Å²) in [5.41, 5.74) is 12.0. The summed E-state index contributed by atoms with van der Waals surface area (Å²) in [5.74, 6) is 0.906. The van der Waals surface area contributed by atoms with Crippen molar-refractivity contribution in [3.63, 3.8) is 0 Å². The fraction of sp³-hybridized carbons (Fsp3) is 0.474. The van der Waals surface area contributed by atoms with Gasteiger partial charge in [0.05, 0.1) is 24.4 Å². The highest BCUT2D eigenvalue weighted by atomic mass is 16.5. The van der Waals surface area contributed by atoms with Crippen LogP contribution in [0, 0.1) is 0 Å². The van der Waals surface area contributed by atoms with Crippen molar-refractivity contribution in [3.05, 3.63) is 41.1 Å². The van der Waals surface area contributed by atoms with Gasteiger partial charge in [0.2, 0.25) is 5.95 Å². The Labute approximate surface area is 141 Å². The van der Waals surface area contributed by atoms with Gasteiger partial charge in [-0.05, 0) is 31.2 Å². The van der Waals surface area contributed by atoms with Gasteiger partial charge in [0.15, 0.2) is 0 Å². The Kier molecular flexibility index (Phi) is 3.15. The minimum atomic E-state index is -0.311. The molecule has 5 nitrogen and oxygen atoms in total. The number of aryl methyl sites for hydroxylation is 1. The lowest BCUT2D eigenvalue weighted by molar-refractivity contribution is -0.0569. The van der Waals surface area contributed by atoms with Gasteiger partial charge in [-0.1, -0.05) is 24.3 Å². The van der Waals surface area contributed by atoms with Gasteiger partial charge < -0.3 is 15.4 Å². The van der Waals surface area contributed by atoms with E-state index < -0.39 is 0 Å². The lowest BCUT2D eigenvalue weighted by atomic mass is 9.88. The van der Waals surface area contributed by atoms with Crippen molar-refractivity contribution in [2.24, 2.45) is 5.73 Å². The highest BCUT2D eigenvalue weighted by Gasteiger charge is 2.36. The van der Waals surface area contributed by atoms with E-state index in [4.69, 9.17) is 20.4 Å². The smallest absolute Gasteiger partial charge is 0.226 e. The molecule has 0 saturated carbocycles. The maximum atomic E-state index is 6.34. The van der Waals surface area contributed by atoms with Gasteiger partial charge in [0.25, 0.3) is 0 Å². The fourth-order valence-corrected chi connectivity index (χ4v) is 3.76. The number of rotatable bonds is 3. The molecule has 2 aliphatic heterocycles. The van der Waals surface area contributed by atoms with Crippen LogP contribution in [-0.4, -0.2) is 36.3 Å². The third kappa shape index (κ3) is 2.15. The molecule has 24 heavy (non-hydrogen) atoms. The Morgan fingerprint density at radius 1 is 1.00 bits per heavy atom. The summed E-state index contributed by atoms with van der Waals surface area (Å²) in [6.45, 7) is 3.36. The van der Waals surface area contributed by atoms with E-state index in [0.29, 0.717) is 13.2 Å². The number of aromatic nitrogens is 2. The van der Waals surface area contributed by atoms with E-state index in [1.165, 1.54) is 29.7 Å². The van der Waals surface area contributed by atoms with Gasteiger partial charge in [-0.25, -0.2) is 9.97 Å². The molecule has 2 aromatic rings. The largest absolute Gasteiger partial charge is 0.377 e. The molecule has 2 fully saturated rings. The van der Waals surface area contributed by atoms with Gasteiger partial charge >= 0.3 is 0 Å². The third-order valence-electron chi connectivity index (χ3n) is 5.51. The summed E-state index contributed by atoms with van der Waals surface area (Å²) in [7, 11) is 0. The Morgan fingerprint density at radius 2 is 1.79 bits per heavy atom. The van der Waals surface area contributed by atoms with Gasteiger partial charge in [-0.2, -0.15) is 0 Å². The first-order valence-corrected chi connectivity index (χ1v) is 8.85. The minimum Gasteiger partial charge on any atom is -0.377 e. The molecule has 1 aliphatic carbocycles. The van der Waals surface area contributed by atoms with E-state index in [1.54, 1.807) is 0 Å². The number of nitrogens with two attached hydrogens (primary N) is 1. The fourth-order valence-electron chi connectivity index (χ4n) is 3.76. The summed E-state index contributed by atoms with van der Waals surface area (Å²) >= 11 is 0. The van der Waals surface area contributed by atoms with Crippen molar-refractivity contribution in [2.45, 2.75) is 31.2 Å². The molecule has 1 aromatic carbocycles. The van der Waals surface area contributed by atoms with Crippen LogP contribution in [0.15, 0.2) is 24.3 Å². The molecule has 0 bridgehead atoms. The quantitative estimate of drug-likeness (QED) is 0.937. The highest BCUT2D eigenvalue weighted by Crippen LogP contribution is 2.34. The predicted molar refractivity (Wildman–Crippen MR) is 93.0 cm³/mol. The molecule has 0 spiro atoms. The highest BCUT2D eigenvalue weighted by molar-refractivity contribution is 5.67. The topological polar surface area (TPSA) is 64.3 Å². The van der Waals surface area contributed by atoms with Crippen LogP contribution >= 0.6 is 0 Å². The lowest BCUT2D eigenvalue weighted by Crippen LogP contribution is -2.54. The number of ether oxygens (including phenoxy) is 1. The van der Waals surface area contributed by atoms with Crippen LogP contribution in [0.2, 0.25) is 0 Å². The van der Waals surface area contributed by atoms with Crippen LogP contribution in [0.4, 0.5) is 5.95 Å². The maximum absolute atomic E-state index is 6.34. The summed E-state index contributed by atoms with van der Waals surface area (Å²) in [6.07, 6.45) is 4.58. The second-order valence-corrected chi connectivity index (χ2v) is 7.22. The van der Waals surface area contributed by atoms with Gasteiger partial charge in [0, 0.05) is 29.9 Å². The second-order valence-electron chi connectivity index (χ2n) is 7.22. The normalized spacial score (nSPS) is 21.1. The average Bonchev–Trinajstić information content (AvgIpc) is 2.99. The van der Waals surface area contributed by atoms with E-state index in [0.717, 1.165) is 43.1 Å². The zero-order valence-electron chi connectivity index (χ0n) is 13.8. The maximum Gasteiger partial charge on any atom is 0.226 e. The molecule has 5 rings (SSSR count). The molecule has 3 heterocycles. The number of fused-ring (bicyclic) bond motifs is 1. The van der Waals surface area contributed by atoms with Crippen LogP contribution in [0.1, 0.15) is 29.7 Å². The predicted octanol–water partition coefficient (Wildman–Crippen LogP) is 2.03. The summed E-state index contributed by atoms with van der Waals surface area (Å²) in [5, 5.41) is 0. The average molecular weight is 322 g/mol. The molecule has 0 atom stereocenters. The molecular formula is C19H22N4O. The third-order valence-corrected chi connectivity index (χ3v) is 5.51. The number of hydrogen-bond acceptors (Lipinski definition) is 5. The van der Waals surface area contributed by atoms with E-state index >= 15 is 0 Å². The number of anilines is 1. The first kappa shape index (κ1) is 14.4. The molecule has 0 amide bonds. The summed E-state index contributed by atoms with van der Waals surface area (Å²) in [6, 6.07) is 8.57. The Bertz CT molecular complexity index is 779. The van der Waals surface area contributed by atoms with Crippen molar-refractivity contribution < 1.29 is 4.74 Å². The molecule has 1 aromatic heterocycles. The van der Waals surface area contributed by atoms with Crippen LogP contribution in [-0.2, 0) is 23.1 Å². The van der Waals surface area contributed by atoms with Crippen LogP contribution in [0.5, 0.6) is 0 Å². The van der Waals surface area contributed by atoms with E-state index in [-0.39, 0.29) is 5.54 Å². The Balaban J connectivity index is 1.54. The second kappa shape index (κ2) is 5.26. The number of nitrogens with zero attached hydrogens (tertiary/aromatic N) is 3. The molecular weight excluding hydrogens is 300 g/mol. The molecule has 3 aliphatic rings. The van der Waals surface area contributed by atoms with Gasteiger partial charge in [0.1, 0.15) is 0 Å². The standard InChI is InChI=1S/C19H22N4O/c20-19(11-24-12-19)14-7-5-13(6-8-14)17-15-3-1-4-16(15)21-18(22-17)23-9-2-10-23/h5-8H,1-4,9-12,20H2. The minimum absolute atomic E-state index is 0.311. The molecule has 0 unspecified atom stereocenters. The van der Waals surface area contributed by atoms with Crippen LogP contribution in [0.3, 0.4) is 0 Å². The first-order chi connectivity index (χ1) is 11.7. The molecule has 2 N–H and O–H groups in total. The van der Waals surface area contributed by atoms with Crippen molar-refractivity contribution in [1.29, 1.82) is 0 Å². The van der Waals surface area contributed by atoms with E-state index in [2.05, 4.69) is 29.2 Å². The zero-order chi connectivity index (χ0) is 16.1. The summed E-state index contributed by atoms with van der Waals surface area (Å²) < 4.78 is 5.28. The van der Waals surface area contributed by atoms with Crippen LogP contribution < -0.4 is 10.6 Å². The number of benzene rings is 1. The first-order valence-electron chi connectivity index (χ1n) is 8.85. The van der Waals surface area contributed by atoms with Crippen molar-refractivity contribution >= 4 is 5.95 Å². The zero-order valence-corrected chi connectivity index (χ0v) is 13.8. The monoisotopic (exact) mass is 322 g/mol. The molecule has 124 valence electrons. The van der Waals surface area contributed by atoms with Crippen LogP contribution in [0.25, 0.3) is 11.3 Å². The van der Waals surface area contributed by atoms with Gasteiger partial charge in [-0.3, -0.25) is 0 Å². The number of hydrogen-bond donors (Lipinski definition) is 1. The van der Waals surface area contributed by atoms with Crippen molar-refractivity contribution in [3.8, 4) is 11.3 Å². The lowest BCUT2D eigenvalue weighted by Gasteiger charge is -2.38. The molecule has 5 heteroatoms. The Morgan fingerprint density at radius 3 is 2.42 bits per heavy atom. The van der Waals surface area contributed by atoms with Crippen molar-refractivity contribution in [2.75, 3.05) is 31.2 Å². The Hall–Kier alpha value is -1.98. The summed E-state index contributed by atoms with van der Waals surface area (Å²) in [4.78, 5) is 12.0. The molecule has 0 radical (unpaired) electrons. The van der Waals surface area contributed by atoms with E-state index in [9.17, 15) is 0 Å². The van der Waals surface area contributed by atoms with Gasteiger partial charge in [-0.15, -0.1) is 0 Å². The van der Waals surface area contributed by atoms with E-state index in [1.807, 2.05) is 0 Å². The molecule has 2 saturated heterocycles. The SMILES string of the molecule is NC1(c2ccc(-c3nc(N4CCC4)nc4c3CCC4)cc2)COC1.